The van der Waals surface area contributed by atoms with Crippen LogP contribution in [0.4, 0.5) is 23.7 Å². The Morgan fingerprint density at radius 3 is 2.66 bits per heavy atom. The fourth-order valence-corrected chi connectivity index (χ4v) is 4.55. The zero-order valence-corrected chi connectivity index (χ0v) is 25.4. The number of carboxylic acids is 1. The number of tetrazole rings is 1. The molecule has 1 aliphatic rings. The summed E-state index contributed by atoms with van der Waals surface area (Å²) >= 11 is 6.19. The van der Waals surface area contributed by atoms with E-state index >= 15 is 0 Å². The number of carbonyl (C=O) groups is 3. The van der Waals surface area contributed by atoms with Crippen LogP contribution in [0.15, 0.2) is 55.0 Å². The van der Waals surface area contributed by atoms with Crippen LogP contribution >= 0.6 is 11.6 Å². The largest absolute Gasteiger partial charge is 0.493 e. The molecule has 2 bridgehead atoms. The Morgan fingerprint density at radius 1 is 1.17 bits per heavy atom. The first kappa shape index (κ1) is 34.4. The molecule has 1 atom stereocenters. The first-order valence-corrected chi connectivity index (χ1v) is 14.3. The zero-order chi connectivity index (χ0) is 34.0. The van der Waals surface area contributed by atoms with Crippen molar-refractivity contribution in [1.82, 2.24) is 35.5 Å². The van der Waals surface area contributed by atoms with Crippen molar-refractivity contribution in [2.45, 2.75) is 37.9 Å². The van der Waals surface area contributed by atoms with E-state index in [0.29, 0.717) is 46.6 Å². The number of rotatable bonds is 5. The molecule has 2 aromatic heterocycles. The van der Waals surface area contributed by atoms with Crippen LogP contribution in [0.1, 0.15) is 43.1 Å². The van der Waals surface area contributed by atoms with E-state index in [0.717, 1.165) is 30.5 Å². The molecule has 4 N–H and O–H groups in total. The zero-order valence-electron chi connectivity index (χ0n) is 24.6. The van der Waals surface area contributed by atoms with E-state index in [1.54, 1.807) is 42.6 Å². The highest BCUT2D eigenvalue weighted by Gasteiger charge is 2.38. The molecule has 0 fully saturated rings. The Hall–Kier alpha value is -5.45. The standard InChI is InChI=1S/C27H27ClN8O4.C2HF3O2/c1-39-27(38)31-19-8-9-20-22-15-29-26(33-22)21(5-3-2-4-12-40-24(20)14-19)32-25(37)11-6-17-13-18(28)7-10-23(17)36-16-30-34-35-36;3-2(4,5)1(6)7/h6-11,13-16,21H,2-5,12H2,1H3,(H,29,33)(H,31,38)(H,32,37);(H,6,7)/b11-6+;/t21-;/m0./s1. The molecule has 2 amide bonds. The third kappa shape index (κ3) is 9.77. The van der Waals surface area contributed by atoms with Crippen LogP contribution in [-0.4, -0.2) is 73.1 Å². The number of carbonyl (C=O) groups excluding carboxylic acids is 2. The van der Waals surface area contributed by atoms with Gasteiger partial charge in [-0.25, -0.2) is 14.6 Å². The molecule has 0 unspecified atom stereocenters. The summed E-state index contributed by atoms with van der Waals surface area (Å²) in [4.78, 5) is 41.5. The lowest BCUT2D eigenvalue weighted by molar-refractivity contribution is -0.192. The van der Waals surface area contributed by atoms with E-state index in [4.69, 9.17) is 26.2 Å². The summed E-state index contributed by atoms with van der Waals surface area (Å²) in [7, 11) is 1.31. The van der Waals surface area contributed by atoms with Crippen molar-refractivity contribution in [3.8, 4) is 22.7 Å². The number of hydrogen-bond acceptors (Lipinski definition) is 9. The second-order valence-corrected chi connectivity index (χ2v) is 10.3. The Kier molecular flexibility index (Phi) is 11.5. The van der Waals surface area contributed by atoms with Crippen LogP contribution in [0.25, 0.3) is 23.0 Å². The number of nitrogens with zero attached hydrogens (tertiary/aromatic N) is 5. The van der Waals surface area contributed by atoms with Crippen molar-refractivity contribution < 1.29 is 42.1 Å². The minimum Gasteiger partial charge on any atom is -0.493 e. The molecule has 5 rings (SSSR count). The Balaban J connectivity index is 0.000000644. The number of hydrogen-bond donors (Lipinski definition) is 4. The van der Waals surface area contributed by atoms with Crippen molar-refractivity contribution in [2.75, 3.05) is 19.0 Å². The smallest absolute Gasteiger partial charge is 0.490 e. The molecule has 0 saturated carbocycles. The number of aromatic amines is 1. The maximum atomic E-state index is 13.0. The van der Waals surface area contributed by atoms with Crippen molar-refractivity contribution in [2.24, 2.45) is 0 Å². The predicted octanol–water partition coefficient (Wildman–Crippen LogP) is 5.34. The van der Waals surface area contributed by atoms with E-state index in [1.165, 1.54) is 24.2 Å². The van der Waals surface area contributed by atoms with Gasteiger partial charge in [-0.3, -0.25) is 10.1 Å². The summed E-state index contributed by atoms with van der Waals surface area (Å²) < 4.78 is 44.0. The Morgan fingerprint density at radius 2 is 1.96 bits per heavy atom. The number of fused-ring (bicyclic) bond motifs is 4. The predicted molar refractivity (Wildman–Crippen MR) is 162 cm³/mol. The number of carboxylic acid groups (broad SMARTS) is 1. The Labute approximate surface area is 269 Å². The lowest BCUT2D eigenvalue weighted by Crippen LogP contribution is -2.27. The molecule has 0 spiro atoms. The molecule has 1 aliphatic heterocycles. The normalized spacial score (nSPS) is 14.7. The minimum atomic E-state index is -5.08. The van der Waals surface area contributed by atoms with Crippen molar-refractivity contribution in [3.63, 3.8) is 0 Å². The molecule has 4 aromatic rings. The van der Waals surface area contributed by atoms with Gasteiger partial charge in [-0.1, -0.05) is 18.0 Å². The lowest BCUT2D eigenvalue weighted by Gasteiger charge is -2.17. The monoisotopic (exact) mass is 676 g/mol. The maximum Gasteiger partial charge on any atom is 0.490 e. The number of halogens is 4. The first-order valence-electron chi connectivity index (χ1n) is 13.9. The highest BCUT2D eigenvalue weighted by molar-refractivity contribution is 6.30. The van der Waals surface area contributed by atoms with Crippen LogP contribution < -0.4 is 15.4 Å². The Bertz CT molecular complexity index is 1730. The molecule has 18 heteroatoms. The quantitative estimate of drug-likeness (QED) is 0.201. The number of anilines is 1. The number of imidazole rings is 1. The molecule has 2 aromatic carbocycles. The summed E-state index contributed by atoms with van der Waals surface area (Å²) in [6, 6.07) is 10.3. The molecular weight excluding hydrogens is 649 g/mol. The molecule has 0 aliphatic carbocycles. The van der Waals surface area contributed by atoms with Crippen LogP contribution in [0.3, 0.4) is 0 Å². The minimum absolute atomic E-state index is 0.278. The van der Waals surface area contributed by atoms with Crippen molar-refractivity contribution >= 4 is 41.3 Å². The summed E-state index contributed by atoms with van der Waals surface area (Å²) in [5.41, 5.74) is 3.45. The number of amides is 2. The second-order valence-electron chi connectivity index (χ2n) is 9.86. The number of alkyl halides is 3. The van der Waals surface area contributed by atoms with E-state index in [2.05, 4.69) is 40.9 Å². The third-order valence-corrected chi connectivity index (χ3v) is 6.82. The van der Waals surface area contributed by atoms with E-state index < -0.39 is 18.2 Å². The topological polar surface area (TPSA) is 186 Å². The van der Waals surface area contributed by atoms with Crippen LogP contribution in [0.2, 0.25) is 5.02 Å². The van der Waals surface area contributed by atoms with Crippen molar-refractivity contribution in [3.05, 3.63) is 71.4 Å². The molecule has 248 valence electrons. The van der Waals surface area contributed by atoms with Gasteiger partial charge in [-0.05, 0) is 66.1 Å². The number of benzene rings is 2. The molecule has 47 heavy (non-hydrogen) atoms. The third-order valence-electron chi connectivity index (χ3n) is 6.58. The maximum absolute atomic E-state index is 13.0. The number of nitrogens with one attached hydrogen (secondary N) is 3. The average molecular weight is 677 g/mol. The molecule has 14 nitrogen and oxygen atoms in total. The van der Waals surface area contributed by atoms with Crippen LogP contribution in [-0.2, 0) is 14.3 Å². The molecule has 0 saturated heterocycles. The average Bonchev–Trinajstić information content (AvgIpc) is 3.74. The molecule has 0 radical (unpaired) electrons. The van der Waals surface area contributed by atoms with Gasteiger partial charge in [0.15, 0.2) is 0 Å². The summed E-state index contributed by atoms with van der Waals surface area (Å²) in [6.45, 7) is 0.513. The lowest BCUT2D eigenvalue weighted by atomic mass is 10.1. The number of H-pyrrole nitrogens is 1. The SMILES string of the molecule is COC(=O)Nc1ccc2c(c1)OCCCCC[C@H](NC(=O)/C=C/c1cc(Cl)ccc1-n1cnnn1)c1ncc-2[nH]1.O=C(O)C(F)(F)F. The summed E-state index contributed by atoms with van der Waals surface area (Å²) in [5, 5.41) is 24.7. The van der Waals surface area contributed by atoms with Gasteiger partial charge in [0, 0.05) is 34.0 Å². The van der Waals surface area contributed by atoms with Gasteiger partial charge in [0.1, 0.15) is 17.9 Å². The van der Waals surface area contributed by atoms with E-state index in [9.17, 15) is 22.8 Å². The highest BCUT2D eigenvalue weighted by atomic mass is 35.5. The fraction of sp³-hybridized carbons (Fsp3) is 0.276. The molecule has 3 heterocycles. The number of methoxy groups -OCH3 is 1. The number of ether oxygens (including phenoxy) is 2. The molecular formula is C29H28ClF3N8O6. The first-order chi connectivity index (χ1) is 22.4. The van der Waals surface area contributed by atoms with Gasteiger partial charge in [0.2, 0.25) is 5.91 Å². The van der Waals surface area contributed by atoms with Gasteiger partial charge in [-0.2, -0.15) is 17.9 Å². The van der Waals surface area contributed by atoms with Gasteiger partial charge >= 0.3 is 18.2 Å². The number of aliphatic carboxylic acids is 1. The van der Waals surface area contributed by atoms with Gasteiger partial charge in [0.25, 0.3) is 0 Å². The van der Waals surface area contributed by atoms with E-state index in [1.807, 2.05) is 6.07 Å². The van der Waals surface area contributed by atoms with Crippen LogP contribution in [0.5, 0.6) is 5.75 Å². The second kappa shape index (κ2) is 15.7. The van der Waals surface area contributed by atoms with Gasteiger partial charge in [-0.15, -0.1) is 5.10 Å². The van der Waals surface area contributed by atoms with Gasteiger partial charge < -0.3 is 24.9 Å². The number of aromatic nitrogens is 6. The van der Waals surface area contributed by atoms with E-state index in [-0.39, 0.29) is 11.9 Å². The van der Waals surface area contributed by atoms with Gasteiger partial charge in [0.05, 0.1) is 37.3 Å². The summed E-state index contributed by atoms with van der Waals surface area (Å²) in [5.74, 6) is -1.79. The summed E-state index contributed by atoms with van der Waals surface area (Å²) in [6.07, 6.45) is 3.98. The highest BCUT2D eigenvalue weighted by Crippen LogP contribution is 2.33. The fourth-order valence-electron chi connectivity index (χ4n) is 4.37. The van der Waals surface area contributed by atoms with Crippen molar-refractivity contribution in [1.29, 1.82) is 0 Å². The van der Waals surface area contributed by atoms with Crippen LogP contribution in [0, 0.1) is 0 Å².